The first-order valence-electron chi connectivity index (χ1n) is 5.05. The highest BCUT2D eigenvalue weighted by Crippen LogP contribution is 2.37. The maximum atomic E-state index is 9.53. The largest absolute Gasteiger partial charge is 0.504 e. The normalized spacial score (nSPS) is 24.1. The highest BCUT2D eigenvalue weighted by molar-refractivity contribution is 5.53. The fraction of sp³-hybridized carbons (Fsp3) is 0.455. The quantitative estimate of drug-likeness (QED) is 0.566. The molecular formula is C11H15NO3. The van der Waals surface area contributed by atoms with Crippen molar-refractivity contribution in [2.75, 3.05) is 0 Å². The second-order valence-corrected chi connectivity index (χ2v) is 4.14. The van der Waals surface area contributed by atoms with Crippen LogP contribution in [-0.4, -0.2) is 21.4 Å². The van der Waals surface area contributed by atoms with E-state index in [0.717, 1.165) is 6.42 Å². The number of benzene rings is 1. The molecule has 15 heavy (non-hydrogen) atoms. The van der Waals surface area contributed by atoms with Crippen LogP contribution in [0.1, 0.15) is 18.9 Å². The van der Waals surface area contributed by atoms with Crippen LogP contribution in [0.25, 0.3) is 0 Å². The number of nitrogens with one attached hydrogen (secondary N) is 1. The SMILES string of the molecule is CC1CC1NCc1ccc(O)c(O)c1O. The van der Waals surface area contributed by atoms with Crippen molar-refractivity contribution in [1.82, 2.24) is 5.32 Å². The maximum absolute atomic E-state index is 9.53. The van der Waals surface area contributed by atoms with E-state index in [4.69, 9.17) is 5.11 Å². The van der Waals surface area contributed by atoms with E-state index in [0.29, 0.717) is 24.1 Å². The van der Waals surface area contributed by atoms with Crippen molar-refractivity contribution < 1.29 is 15.3 Å². The van der Waals surface area contributed by atoms with Gasteiger partial charge in [0.1, 0.15) is 0 Å². The molecule has 4 nitrogen and oxygen atoms in total. The molecular weight excluding hydrogens is 194 g/mol. The highest BCUT2D eigenvalue weighted by atomic mass is 16.3. The molecule has 1 aromatic rings. The van der Waals surface area contributed by atoms with Crippen molar-refractivity contribution in [1.29, 1.82) is 0 Å². The fourth-order valence-corrected chi connectivity index (χ4v) is 1.60. The number of aromatic hydroxyl groups is 3. The molecule has 1 aromatic carbocycles. The predicted octanol–water partition coefficient (Wildman–Crippen LogP) is 1.30. The Morgan fingerprint density at radius 1 is 1.27 bits per heavy atom. The third-order valence-corrected chi connectivity index (χ3v) is 2.88. The molecule has 0 amide bonds. The van der Waals surface area contributed by atoms with Crippen molar-refractivity contribution >= 4 is 0 Å². The number of rotatable bonds is 3. The molecule has 2 rings (SSSR count). The van der Waals surface area contributed by atoms with Crippen LogP contribution < -0.4 is 5.32 Å². The summed E-state index contributed by atoms with van der Waals surface area (Å²) in [6.45, 7) is 2.67. The molecule has 2 atom stereocenters. The van der Waals surface area contributed by atoms with Crippen LogP contribution >= 0.6 is 0 Å². The molecule has 4 heteroatoms. The summed E-state index contributed by atoms with van der Waals surface area (Å²) in [4.78, 5) is 0. The zero-order valence-corrected chi connectivity index (χ0v) is 8.57. The molecule has 0 aromatic heterocycles. The molecule has 0 saturated heterocycles. The topological polar surface area (TPSA) is 72.7 Å². The highest BCUT2D eigenvalue weighted by Gasteiger charge is 2.31. The van der Waals surface area contributed by atoms with Gasteiger partial charge >= 0.3 is 0 Å². The van der Waals surface area contributed by atoms with Crippen molar-refractivity contribution in [3.8, 4) is 17.2 Å². The fourth-order valence-electron chi connectivity index (χ4n) is 1.60. The lowest BCUT2D eigenvalue weighted by atomic mass is 10.1. The smallest absolute Gasteiger partial charge is 0.200 e. The van der Waals surface area contributed by atoms with Crippen LogP contribution in [0.4, 0.5) is 0 Å². The Morgan fingerprint density at radius 2 is 1.93 bits per heavy atom. The maximum Gasteiger partial charge on any atom is 0.200 e. The molecule has 0 bridgehead atoms. The van der Waals surface area contributed by atoms with Crippen molar-refractivity contribution in [2.24, 2.45) is 5.92 Å². The summed E-state index contributed by atoms with van der Waals surface area (Å²) in [7, 11) is 0. The van der Waals surface area contributed by atoms with Crippen LogP contribution in [0.15, 0.2) is 12.1 Å². The van der Waals surface area contributed by atoms with Gasteiger partial charge in [-0.25, -0.2) is 0 Å². The predicted molar refractivity (Wildman–Crippen MR) is 55.8 cm³/mol. The van der Waals surface area contributed by atoms with Gasteiger partial charge in [0.25, 0.3) is 0 Å². The lowest BCUT2D eigenvalue weighted by Crippen LogP contribution is -2.17. The summed E-state index contributed by atoms with van der Waals surface area (Å²) in [6, 6.07) is 3.49. The molecule has 4 N–H and O–H groups in total. The average Bonchev–Trinajstić information content (AvgIpc) is 2.90. The van der Waals surface area contributed by atoms with E-state index < -0.39 is 5.75 Å². The number of hydrogen-bond donors (Lipinski definition) is 4. The Morgan fingerprint density at radius 3 is 2.53 bits per heavy atom. The van der Waals surface area contributed by atoms with Gasteiger partial charge in [0.05, 0.1) is 0 Å². The van der Waals surface area contributed by atoms with Crippen LogP contribution in [0, 0.1) is 5.92 Å². The summed E-state index contributed by atoms with van der Waals surface area (Å²) in [6.07, 6.45) is 1.16. The molecule has 1 fully saturated rings. The van der Waals surface area contributed by atoms with E-state index in [1.54, 1.807) is 6.07 Å². The van der Waals surface area contributed by atoms with Gasteiger partial charge in [-0.1, -0.05) is 13.0 Å². The molecule has 0 aliphatic heterocycles. The molecule has 1 saturated carbocycles. The van der Waals surface area contributed by atoms with E-state index in [2.05, 4.69) is 12.2 Å². The van der Waals surface area contributed by atoms with Crippen molar-refractivity contribution in [3.63, 3.8) is 0 Å². The van der Waals surface area contributed by atoms with Crippen LogP contribution in [0.3, 0.4) is 0 Å². The molecule has 0 spiro atoms. The monoisotopic (exact) mass is 209 g/mol. The summed E-state index contributed by atoms with van der Waals surface area (Å²) in [5, 5.41) is 31.2. The number of hydrogen-bond acceptors (Lipinski definition) is 4. The van der Waals surface area contributed by atoms with Gasteiger partial charge in [-0.3, -0.25) is 0 Å². The van der Waals surface area contributed by atoms with Gasteiger partial charge in [-0.2, -0.15) is 0 Å². The Labute approximate surface area is 88.2 Å². The zero-order chi connectivity index (χ0) is 11.0. The van der Waals surface area contributed by atoms with E-state index >= 15 is 0 Å². The van der Waals surface area contributed by atoms with Gasteiger partial charge in [0.2, 0.25) is 5.75 Å². The average molecular weight is 209 g/mol. The molecule has 1 aliphatic rings. The zero-order valence-electron chi connectivity index (χ0n) is 8.57. The third-order valence-electron chi connectivity index (χ3n) is 2.88. The van der Waals surface area contributed by atoms with E-state index in [-0.39, 0.29) is 11.5 Å². The van der Waals surface area contributed by atoms with E-state index in [9.17, 15) is 10.2 Å². The third kappa shape index (κ3) is 1.99. The standard InChI is InChI=1S/C11H15NO3/c1-6-4-8(6)12-5-7-2-3-9(13)11(15)10(7)14/h2-3,6,8,12-15H,4-5H2,1H3. The molecule has 82 valence electrons. The lowest BCUT2D eigenvalue weighted by Gasteiger charge is -2.08. The van der Waals surface area contributed by atoms with Gasteiger partial charge < -0.3 is 20.6 Å². The van der Waals surface area contributed by atoms with E-state index in [1.807, 2.05) is 0 Å². The second-order valence-electron chi connectivity index (χ2n) is 4.14. The van der Waals surface area contributed by atoms with Gasteiger partial charge in [0.15, 0.2) is 11.5 Å². The van der Waals surface area contributed by atoms with Gasteiger partial charge in [0, 0.05) is 18.2 Å². The number of phenols is 3. The molecule has 2 unspecified atom stereocenters. The van der Waals surface area contributed by atoms with Crippen molar-refractivity contribution in [3.05, 3.63) is 17.7 Å². The second kappa shape index (κ2) is 3.62. The Bertz CT molecular complexity index is 378. The summed E-state index contributed by atoms with van der Waals surface area (Å²) in [5.74, 6) is -0.289. The Kier molecular flexibility index (Phi) is 2.44. The van der Waals surface area contributed by atoms with Gasteiger partial charge in [-0.15, -0.1) is 0 Å². The summed E-state index contributed by atoms with van der Waals surface area (Å²) in [5.41, 5.74) is 0.601. The van der Waals surface area contributed by atoms with Crippen LogP contribution in [0.2, 0.25) is 0 Å². The van der Waals surface area contributed by atoms with Crippen LogP contribution in [0.5, 0.6) is 17.2 Å². The first kappa shape index (κ1) is 10.1. The molecule has 0 radical (unpaired) electrons. The minimum absolute atomic E-state index is 0.240. The Balaban J connectivity index is 2.05. The number of phenolic OH excluding ortho intramolecular Hbond substituents is 3. The first-order valence-corrected chi connectivity index (χ1v) is 5.05. The Hall–Kier alpha value is -1.42. The first-order chi connectivity index (χ1) is 7.09. The summed E-state index contributed by atoms with van der Waals surface area (Å²) < 4.78 is 0. The summed E-state index contributed by atoms with van der Waals surface area (Å²) >= 11 is 0. The minimum Gasteiger partial charge on any atom is -0.504 e. The van der Waals surface area contributed by atoms with E-state index in [1.165, 1.54) is 6.07 Å². The van der Waals surface area contributed by atoms with Crippen LogP contribution in [-0.2, 0) is 6.54 Å². The minimum atomic E-state index is -0.446. The van der Waals surface area contributed by atoms with Crippen molar-refractivity contribution in [2.45, 2.75) is 25.9 Å². The molecule has 0 heterocycles. The van der Waals surface area contributed by atoms with Gasteiger partial charge in [-0.05, 0) is 18.4 Å². The molecule has 1 aliphatic carbocycles. The lowest BCUT2D eigenvalue weighted by molar-refractivity contribution is 0.364.